The van der Waals surface area contributed by atoms with Crippen LogP contribution in [0.4, 0.5) is 0 Å². The molecule has 0 amide bonds. The average molecular weight is 662 g/mol. The van der Waals surface area contributed by atoms with Gasteiger partial charge in [-0.1, -0.05) is 96.1 Å². The van der Waals surface area contributed by atoms with E-state index in [1.807, 2.05) is 6.94 Å². The van der Waals surface area contributed by atoms with Gasteiger partial charge in [0, 0.05) is 0 Å². The third-order valence-corrected chi connectivity index (χ3v) is 5.49. The molecule has 0 nitrogen and oxygen atoms in total. The van der Waals surface area contributed by atoms with Gasteiger partial charge in [-0.05, 0) is 0 Å². The van der Waals surface area contributed by atoms with Crippen molar-refractivity contribution in [1.29, 1.82) is 0 Å². The molecule has 0 atom stereocenters. The van der Waals surface area contributed by atoms with Gasteiger partial charge in [0.05, 0.1) is 0 Å². The summed E-state index contributed by atoms with van der Waals surface area (Å²) in [5, 5.41) is 5.28. The fourth-order valence-corrected chi connectivity index (χ4v) is 4.05. The Morgan fingerprint density at radius 2 is 1.06 bits per heavy atom. The molecule has 0 aromatic heterocycles. The van der Waals surface area contributed by atoms with E-state index in [1.54, 1.807) is 0 Å². The molecule has 0 N–H and O–H groups in total. The maximum Gasteiger partial charge on any atom is -0.0582 e. The Morgan fingerprint density at radius 1 is 0.529 bits per heavy atom. The Bertz CT molecular complexity index is 1380. The first-order chi connectivity index (χ1) is 15.9. The topological polar surface area (TPSA) is 0 Å². The van der Waals surface area contributed by atoms with Crippen molar-refractivity contribution in [2.75, 3.05) is 0 Å². The third-order valence-electron chi connectivity index (χ3n) is 5.49. The number of benzene rings is 4. The number of halogens is 2. The van der Waals surface area contributed by atoms with Crippen LogP contribution >= 0.6 is 0 Å². The minimum absolute atomic E-state index is 0. The quantitative estimate of drug-likeness (QED) is 0.195. The van der Waals surface area contributed by atoms with Gasteiger partial charge in [0.1, 0.15) is 0 Å². The minimum atomic E-state index is 0. The molecule has 4 heteroatoms. The molecule has 6 rings (SSSR count). The van der Waals surface area contributed by atoms with Crippen molar-refractivity contribution in [2.45, 2.75) is 0 Å². The summed E-state index contributed by atoms with van der Waals surface area (Å²) >= 11 is 1.33. The van der Waals surface area contributed by atoms with Crippen LogP contribution < -0.4 is 24.8 Å². The zero-order valence-corrected chi connectivity index (χ0v) is 25.2. The van der Waals surface area contributed by atoms with Crippen LogP contribution in [-0.4, -0.2) is 6.94 Å². The van der Waals surface area contributed by atoms with Gasteiger partial charge >= 0.3 is 29.9 Å². The Labute approximate surface area is 230 Å². The molecule has 0 fully saturated rings. The number of rotatable bonds is 2. The summed E-state index contributed by atoms with van der Waals surface area (Å²) in [6.45, 7) is 2.00. The van der Waals surface area contributed by atoms with E-state index in [1.165, 1.54) is 66.8 Å². The van der Waals surface area contributed by atoms with Crippen LogP contribution in [0, 0.1) is 0 Å². The summed E-state index contributed by atoms with van der Waals surface area (Å²) < 4.78 is 0. The van der Waals surface area contributed by atoms with E-state index in [4.69, 9.17) is 0 Å². The van der Waals surface area contributed by atoms with Gasteiger partial charge in [0.15, 0.2) is 0 Å². The van der Waals surface area contributed by atoms with E-state index in [0.717, 1.165) is 0 Å². The van der Waals surface area contributed by atoms with Gasteiger partial charge in [-0.15, -0.1) is 63.7 Å². The Morgan fingerprint density at radius 3 is 1.71 bits per heavy atom. The largest absolute Gasteiger partial charge is 0.168 e. The molecule has 0 bridgehead atoms. The second-order valence-electron chi connectivity index (χ2n) is 7.41. The van der Waals surface area contributed by atoms with Gasteiger partial charge in [0.25, 0.3) is 0 Å². The smallest absolute Gasteiger partial charge is 0.0582 e. The van der Waals surface area contributed by atoms with Gasteiger partial charge in [0.2, 0.25) is 0 Å². The first-order valence-corrected chi connectivity index (χ1v) is 19.0. The number of fused-ring (bicyclic) bond motifs is 2. The van der Waals surface area contributed by atoms with E-state index >= 15 is 0 Å². The van der Waals surface area contributed by atoms with Crippen LogP contribution in [0.3, 0.4) is 0 Å². The summed E-state index contributed by atoms with van der Waals surface area (Å²) in [5.74, 6) is 0. The van der Waals surface area contributed by atoms with Crippen LogP contribution in [-0.2, 0) is 23.0 Å². The molecule has 0 saturated carbocycles. The maximum atomic E-state index is 2.30. The zero-order valence-electron chi connectivity index (χ0n) is 18.7. The van der Waals surface area contributed by atoms with Gasteiger partial charge in [-0.25, -0.2) is 0 Å². The summed E-state index contributed by atoms with van der Waals surface area (Å²) in [5.41, 5.74) is 5.19. The molecule has 34 heavy (non-hydrogen) atoms. The SMILES string of the molecule is [Cl-].[Cl-].[SiH2]=[Hf+2].c1ccc(-c2[cH-]c3ccccc3c2-c2ccccc2)cc1.c1ccc2[cH-]ccc2c1. The Hall–Kier alpha value is -2.23. The summed E-state index contributed by atoms with van der Waals surface area (Å²) in [4.78, 5) is 0. The molecular formula is C30H24Cl2HfSi-2. The first-order valence-electron chi connectivity index (χ1n) is 10.7. The molecule has 0 saturated heterocycles. The van der Waals surface area contributed by atoms with Crippen molar-refractivity contribution in [2.24, 2.45) is 0 Å². The van der Waals surface area contributed by atoms with Crippen LogP contribution in [0.25, 0.3) is 43.8 Å². The molecule has 0 spiro atoms. The summed E-state index contributed by atoms with van der Waals surface area (Å²) in [7, 11) is 0. The Balaban J connectivity index is 0.000000266. The molecule has 0 heterocycles. The maximum absolute atomic E-state index is 2.30. The van der Waals surface area contributed by atoms with E-state index in [0.29, 0.717) is 0 Å². The third kappa shape index (κ3) is 6.46. The fourth-order valence-electron chi connectivity index (χ4n) is 4.05. The molecule has 0 aliphatic heterocycles. The van der Waals surface area contributed by atoms with Crippen LogP contribution in [0.2, 0.25) is 0 Å². The zero-order chi connectivity index (χ0) is 22.2. The molecule has 0 unspecified atom stereocenters. The number of hydrogen-bond acceptors (Lipinski definition) is 0. The van der Waals surface area contributed by atoms with Crippen molar-refractivity contribution in [3.63, 3.8) is 0 Å². The first kappa shape index (κ1) is 28.0. The molecular weight excluding hydrogens is 638 g/mol. The Kier molecular flexibility index (Phi) is 11.7. The van der Waals surface area contributed by atoms with Gasteiger partial charge in [-0.2, -0.15) is 17.5 Å². The second-order valence-corrected chi connectivity index (χ2v) is 7.41. The van der Waals surface area contributed by atoms with E-state index < -0.39 is 0 Å². The molecule has 168 valence electrons. The van der Waals surface area contributed by atoms with Gasteiger partial charge in [-0.3, -0.25) is 0 Å². The van der Waals surface area contributed by atoms with E-state index in [2.05, 4.69) is 133 Å². The summed E-state index contributed by atoms with van der Waals surface area (Å²) in [6.07, 6.45) is 0. The predicted molar refractivity (Wildman–Crippen MR) is 138 cm³/mol. The van der Waals surface area contributed by atoms with Crippen molar-refractivity contribution in [1.82, 2.24) is 0 Å². The molecule has 6 aromatic rings. The molecule has 0 aliphatic carbocycles. The van der Waals surface area contributed by atoms with Crippen molar-refractivity contribution in [3.05, 3.63) is 133 Å². The molecule has 6 aromatic carbocycles. The van der Waals surface area contributed by atoms with Crippen molar-refractivity contribution < 1.29 is 47.8 Å². The van der Waals surface area contributed by atoms with E-state index in [-0.39, 0.29) is 24.8 Å². The second kappa shape index (κ2) is 14.2. The monoisotopic (exact) mass is 662 g/mol. The van der Waals surface area contributed by atoms with Crippen molar-refractivity contribution in [3.8, 4) is 22.3 Å². The predicted octanol–water partition coefficient (Wildman–Crippen LogP) is 1.54. The average Bonchev–Trinajstić information content (AvgIpc) is 3.52. The van der Waals surface area contributed by atoms with Crippen LogP contribution in [0.5, 0.6) is 0 Å². The van der Waals surface area contributed by atoms with Crippen LogP contribution in [0.15, 0.2) is 133 Å². The van der Waals surface area contributed by atoms with Crippen molar-refractivity contribution >= 4 is 28.5 Å². The minimum Gasteiger partial charge on any atom is -0.168 e. The van der Waals surface area contributed by atoms with Crippen LogP contribution in [0.1, 0.15) is 0 Å². The fraction of sp³-hybridized carbons (Fsp3) is 0. The standard InChI is InChI=1S/C21H15.C9H7.2ClH.Hf.H2Si/c1-3-9-16(10-4-1)20-15-18-13-7-8-14-19(18)21(20)17-11-5-2-6-12-17;1-2-5-9-7-3-6-8(9)4-1;;;;/h1-15H;1-7H;2*1H;;1H2/q2*-1;;;+2;/p-2. The number of hydrogen-bond donors (Lipinski definition) is 0. The normalized spacial score (nSPS) is 9.59. The molecule has 0 radical (unpaired) electrons. The van der Waals surface area contributed by atoms with E-state index in [9.17, 15) is 0 Å². The van der Waals surface area contributed by atoms with Gasteiger partial charge < -0.3 is 24.8 Å². The molecule has 0 aliphatic rings. The summed E-state index contributed by atoms with van der Waals surface area (Å²) in [6, 6.07) is 46.9.